The quantitative estimate of drug-likeness (QED) is 0.827. The molecule has 1 heterocycles. The topological polar surface area (TPSA) is 66.6 Å². The van der Waals surface area contributed by atoms with Crippen molar-refractivity contribution in [3.63, 3.8) is 0 Å². The highest BCUT2D eigenvalue weighted by molar-refractivity contribution is 5.92. The molecule has 0 spiro atoms. The van der Waals surface area contributed by atoms with Gasteiger partial charge in [0.05, 0.1) is 6.10 Å². The van der Waals surface area contributed by atoms with Crippen molar-refractivity contribution in [1.82, 2.24) is 4.90 Å². The summed E-state index contributed by atoms with van der Waals surface area (Å²) in [6.45, 7) is 2.95. The van der Waals surface area contributed by atoms with Crippen molar-refractivity contribution < 1.29 is 9.90 Å². The molecule has 3 N–H and O–H groups in total. The first-order valence-electron chi connectivity index (χ1n) is 6.44. The van der Waals surface area contributed by atoms with Crippen molar-refractivity contribution in [2.45, 2.75) is 25.4 Å². The van der Waals surface area contributed by atoms with E-state index < -0.39 is 0 Å². The molecular weight excluding hydrogens is 228 g/mol. The Morgan fingerprint density at radius 2 is 1.89 bits per heavy atom. The van der Waals surface area contributed by atoms with Crippen LogP contribution in [0.1, 0.15) is 28.8 Å². The van der Waals surface area contributed by atoms with Gasteiger partial charge >= 0.3 is 0 Å². The molecule has 0 radical (unpaired) electrons. The number of piperidine rings is 1. The molecule has 1 aromatic rings. The number of aliphatic hydroxyl groups is 1. The fraction of sp³-hybridized carbons (Fsp3) is 0.500. The second kappa shape index (κ2) is 5.98. The highest BCUT2D eigenvalue weighted by Crippen LogP contribution is 2.11. The lowest BCUT2D eigenvalue weighted by Gasteiger charge is -2.29. The molecule has 1 amide bonds. The predicted octanol–water partition coefficient (Wildman–Crippen LogP) is 0.785. The van der Waals surface area contributed by atoms with E-state index in [-0.39, 0.29) is 12.0 Å². The Labute approximate surface area is 107 Å². The van der Waals surface area contributed by atoms with Crippen LogP contribution in [0.3, 0.4) is 0 Å². The maximum absolute atomic E-state index is 10.9. The van der Waals surface area contributed by atoms with Gasteiger partial charge in [-0.25, -0.2) is 0 Å². The molecule has 1 aliphatic heterocycles. The number of likely N-dealkylation sites (tertiary alicyclic amines) is 1. The third kappa shape index (κ3) is 3.55. The zero-order valence-electron chi connectivity index (χ0n) is 10.5. The molecule has 98 valence electrons. The lowest BCUT2D eigenvalue weighted by Crippen LogP contribution is -2.37. The monoisotopic (exact) mass is 248 g/mol. The van der Waals surface area contributed by atoms with Gasteiger partial charge in [-0.1, -0.05) is 12.1 Å². The van der Waals surface area contributed by atoms with Gasteiger partial charge in [-0.05, 0) is 37.0 Å². The molecule has 4 heteroatoms. The molecule has 1 aromatic carbocycles. The van der Waals surface area contributed by atoms with Gasteiger partial charge in [-0.15, -0.1) is 0 Å². The van der Waals surface area contributed by atoms with Crippen LogP contribution in [-0.2, 0) is 6.42 Å². The summed E-state index contributed by atoms with van der Waals surface area (Å²) >= 11 is 0. The molecule has 1 saturated heterocycles. The summed E-state index contributed by atoms with van der Waals surface area (Å²) < 4.78 is 0. The number of nitrogens with zero attached hydrogens (tertiary/aromatic N) is 1. The minimum atomic E-state index is -0.383. The van der Waals surface area contributed by atoms with Crippen LogP contribution in [0, 0.1) is 0 Å². The summed E-state index contributed by atoms with van der Waals surface area (Å²) in [5, 5.41) is 9.42. The minimum absolute atomic E-state index is 0.115. The average molecular weight is 248 g/mol. The predicted molar refractivity (Wildman–Crippen MR) is 70.3 cm³/mol. The number of primary amides is 1. The second-order valence-electron chi connectivity index (χ2n) is 4.88. The summed E-state index contributed by atoms with van der Waals surface area (Å²) in [6, 6.07) is 7.47. The summed E-state index contributed by atoms with van der Waals surface area (Å²) in [5.41, 5.74) is 6.97. The average Bonchev–Trinajstić information content (AvgIpc) is 2.38. The Balaban J connectivity index is 1.81. The van der Waals surface area contributed by atoms with Crippen LogP contribution < -0.4 is 5.73 Å². The molecule has 0 saturated carbocycles. The van der Waals surface area contributed by atoms with E-state index in [1.165, 1.54) is 5.56 Å². The fourth-order valence-corrected chi connectivity index (χ4v) is 2.27. The molecule has 0 bridgehead atoms. The maximum atomic E-state index is 10.9. The maximum Gasteiger partial charge on any atom is 0.248 e. The van der Waals surface area contributed by atoms with Crippen LogP contribution in [0.2, 0.25) is 0 Å². The van der Waals surface area contributed by atoms with E-state index in [0.717, 1.165) is 38.9 Å². The van der Waals surface area contributed by atoms with Crippen LogP contribution >= 0.6 is 0 Å². The highest BCUT2D eigenvalue weighted by Gasteiger charge is 2.16. The van der Waals surface area contributed by atoms with Crippen LogP contribution in [0.4, 0.5) is 0 Å². The lowest BCUT2D eigenvalue weighted by molar-refractivity contribution is 0.0832. The van der Waals surface area contributed by atoms with Gasteiger partial charge in [-0.2, -0.15) is 0 Å². The van der Waals surface area contributed by atoms with Gasteiger partial charge in [0.2, 0.25) is 5.91 Å². The molecule has 0 aliphatic carbocycles. The van der Waals surface area contributed by atoms with Crippen molar-refractivity contribution in [2.24, 2.45) is 5.73 Å². The van der Waals surface area contributed by atoms with E-state index >= 15 is 0 Å². The Morgan fingerprint density at radius 1 is 1.28 bits per heavy atom. The van der Waals surface area contributed by atoms with Gasteiger partial charge in [0.15, 0.2) is 0 Å². The van der Waals surface area contributed by atoms with Crippen molar-refractivity contribution in [3.8, 4) is 0 Å². The van der Waals surface area contributed by atoms with E-state index in [2.05, 4.69) is 4.90 Å². The zero-order chi connectivity index (χ0) is 13.0. The second-order valence-corrected chi connectivity index (χ2v) is 4.88. The summed E-state index contributed by atoms with van der Waals surface area (Å²) in [6.07, 6.45) is 2.60. The minimum Gasteiger partial charge on any atom is -0.393 e. The van der Waals surface area contributed by atoms with Gasteiger partial charge < -0.3 is 15.7 Å². The molecule has 18 heavy (non-hydrogen) atoms. The third-order valence-electron chi connectivity index (χ3n) is 3.51. The lowest BCUT2D eigenvalue weighted by atomic mass is 10.1. The van der Waals surface area contributed by atoms with Crippen molar-refractivity contribution in [3.05, 3.63) is 35.4 Å². The number of nitrogens with two attached hydrogens (primary N) is 1. The number of aliphatic hydroxyl groups excluding tert-OH is 1. The Hall–Kier alpha value is -1.39. The zero-order valence-corrected chi connectivity index (χ0v) is 10.5. The van der Waals surface area contributed by atoms with E-state index in [1.54, 1.807) is 12.1 Å². The van der Waals surface area contributed by atoms with Crippen LogP contribution in [0.5, 0.6) is 0 Å². The van der Waals surface area contributed by atoms with Crippen molar-refractivity contribution in [1.29, 1.82) is 0 Å². The molecular formula is C14H20N2O2. The first-order chi connectivity index (χ1) is 8.65. The molecule has 0 atom stereocenters. The Kier molecular flexibility index (Phi) is 4.33. The largest absolute Gasteiger partial charge is 0.393 e. The first-order valence-corrected chi connectivity index (χ1v) is 6.44. The Bertz CT molecular complexity index is 395. The van der Waals surface area contributed by atoms with Crippen LogP contribution in [0.15, 0.2) is 24.3 Å². The number of hydrogen-bond acceptors (Lipinski definition) is 3. The number of carbonyl (C=O) groups is 1. The number of hydrogen-bond donors (Lipinski definition) is 2. The van der Waals surface area contributed by atoms with Gasteiger partial charge in [0.25, 0.3) is 0 Å². The smallest absolute Gasteiger partial charge is 0.248 e. The third-order valence-corrected chi connectivity index (χ3v) is 3.51. The Morgan fingerprint density at radius 3 is 2.44 bits per heavy atom. The molecule has 2 rings (SSSR count). The normalized spacial score (nSPS) is 17.8. The summed E-state index contributed by atoms with van der Waals surface area (Å²) in [4.78, 5) is 13.3. The first kappa shape index (κ1) is 13.1. The molecule has 0 unspecified atom stereocenters. The van der Waals surface area contributed by atoms with Crippen LogP contribution in [0.25, 0.3) is 0 Å². The molecule has 1 aliphatic rings. The summed E-state index contributed by atoms with van der Waals surface area (Å²) in [7, 11) is 0. The van der Waals surface area contributed by atoms with Crippen LogP contribution in [-0.4, -0.2) is 41.7 Å². The summed E-state index contributed by atoms with van der Waals surface area (Å²) in [5.74, 6) is -0.383. The van der Waals surface area contributed by atoms with E-state index in [1.807, 2.05) is 12.1 Å². The number of rotatable bonds is 4. The number of amides is 1. The number of carbonyl (C=O) groups excluding carboxylic acids is 1. The molecule has 0 aromatic heterocycles. The van der Waals surface area contributed by atoms with E-state index in [4.69, 9.17) is 5.73 Å². The van der Waals surface area contributed by atoms with E-state index in [9.17, 15) is 9.90 Å². The molecule has 1 fully saturated rings. The highest BCUT2D eigenvalue weighted by atomic mass is 16.3. The molecule has 4 nitrogen and oxygen atoms in total. The number of benzene rings is 1. The SMILES string of the molecule is NC(=O)c1ccc(CCN2CCC(O)CC2)cc1. The van der Waals surface area contributed by atoms with Crippen molar-refractivity contribution in [2.75, 3.05) is 19.6 Å². The fourth-order valence-electron chi connectivity index (χ4n) is 2.27. The van der Waals surface area contributed by atoms with Gasteiger partial charge in [-0.3, -0.25) is 4.79 Å². The van der Waals surface area contributed by atoms with Gasteiger partial charge in [0, 0.05) is 25.2 Å². The standard InChI is InChI=1S/C14H20N2O2/c15-14(18)12-3-1-11(2-4-12)5-8-16-9-6-13(17)7-10-16/h1-4,13,17H,5-10H2,(H2,15,18). The van der Waals surface area contributed by atoms with Gasteiger partial charge in [0.1, 0.15) is 0 Å². The van der Waals surface area contributed by atoms with Crippen molar-refractivity contribution >= 4 is 5.91 Å². The van der Waals surface area contributed by atoms with E-state index in [0.29, 0.717) is 5.56 Å².